The molecule has 16 heavy (non-hydrogen) atoms. The fourth-order valence-corrected chi connectivity index (χ4v) is 1.27. The summed E-state index contributed by atoms with van der Waals surface area (Å²) in [6.07, 6.45) is 0.413. The number of methoxy groups -OCH3 is 1. The number of hydrogen-bond donors (Lipinski definition) is 1. The molecular formula is C10H12N4O2. The minimum absolute atomic E-state index is 0.0221. The summed E-state index contributed by atoms with van der Waals surface area (Å²) < 4.78 is 5.05. The van der Waals surface area contributed by atoms with Crippen molar-refractivity contribution in [1.29, 1.82) is 0 Å². The monoisotopic (exact) mass is 220 g/mol. The molecule has 2 rings (SSSR count). The highest BCUT2D eigenvalue weighted by Crippen LogP contribution is 2.13. The van der Waals surface area contributed by atoms with Crippen molar-refractivity contribution in [3.8, 4) is 11.4 Å². The Hall–Kier alpha value is -1.95. The Labute approximate surface area is 92.5 Å². The molecule has 1 aromatic carbocycles. The van der Waals surface area contributed by atoms with Crippen LogP contribution in [0, 0.1) is 0 Å². The predicted octanol–water partition coefficient (Wildman–Crippen LogP) is 0.206. The Kier molecular flexibility index (Phi) is 3.11. The molecule has 2 aromatic rings. The van der Waals surface area contributed by atoms with Gasteiger partial charge in [-0.2, -0.15) is 0 Å². The lowest BCUT2D eigenvalue weighted by molar-refractivity contribution is 0.296. The van der Waals surface area contributed by atoms with Gasteiger partial charge in [-0.15, -0.1) is 15.0 Å². The van der Waals surface area contributed by atoms with Gasteiger partial charge in [0, 0.05) is 6.42 Å². The summed E-state index contributed by atoms with van der Waals surface area (Å²) >= 11 is 0. The van der Waals surface area contributed by atoms with Gasteiger partial charge in [0.1, 0.15) is 5.75 Å². The van der Waals surface area contributed by atoms with Crippen molar-refractivity contribution >= 4 is 0 Å². The van der Waals surface area contributed by atoms with Gasteiger partial charge in [-0.05, 0) is 29.5 Å². The molecule has 0 unspecified atom stereocenters. The summed E-state index contributed by atoms with van der Waals surface area (Å²) in [4.78, 5) is 1.42. The van der Waals surface area contributed by atoms with E-state index < -0.39 is 0 Å². The van der Waals surface area contributed by atoms with Crippen LogP contribution in [0.2, 0.25) is 0 Å². The molecule has 6 nitrogen and oxygen atoms in total. The zero-order chi connectivity index (χ0) is 11.4. The molecule has 0 saturated carbocycles. The summed E-state index contributed by atoms with van der Waals surface area (Å²) in [6.45, 7) is 0.0221. The zero-order valence-corrected chi connectivity index (χ0v) is 8.87. The number of aliphatic hydroxyl groups excluding tert-OH is 1. The summed E-state index contributed by atoms with van der Waals surface area (Å²) in [5.74, 6) is 1.30. The molecule has 0 fully saturated rings. The van der Waals surface area contributed by atoms with Crippen LogP contribution in [0.15, 0.2) is 24.3 Å². The molecule has 1 N–H and O–H groups in total. The highest BCUT2D eigenvalue weighted by Gasteiger charge is 2.03. The largest absolute Gasteiger partial charge is 0.497 e. The summed E-state index contributed by atoms with van der Waals surface area (Å²) in [6, 6.07) is 7.32. The van der Waals surface area contributed by atoms with E-state index in [1.807, 2.05) is 24.3 Å². The van der Waals surface area contributed by atoms with Gasteiger partial charge in [0.25, 0.3) is 0 Å². The van der Waals surface area contributed by atoms with E-state index in [0.717, 1.165) is 11.4 Å². The van der Waals surface area contributed by atoms with Crippen molar-refractivity contribution < 1.29 is 9.84 Å². The average molecular weight is 220 g/mol. The van der Waals surface area contributed by atoms with Crippen molar-refractivity contribution in [2.75, 3.05) is 13.7 Å². The number of aliphatic hydroxyl groups is 1. The number of aromatic nitrogens is 4. The van der Waals surface area contributed by atoms with Gasteiger partial charge >= 0.3 is 0 Å². The minimum atomic E-state index is 0.0221. The third kappa shape index (κ3) is 2.17. The van der Waals surface area contributed by atoms with Crippen LogP contribution in [-0.4, -0.2) is 39.0 Å². The standard InChI is InChI=1S/C10H12N4O2/c1-16-9-4-2-8(3-5-9)14-12-10(6-7-15)11-13-14/h2-5,15H,6-7H2,1H3. The van der Waals surface area contributed by atoms with E-state index >= 15 is 0 Å². The molecule has 6 heteroatoms. The highest BCUT2D eigenvalue weighted by molar-refractivity contribution is 5.35. The number of nitrogens with zero attached hydrogens (tertiary/aromatic N) is 4. The Morgan fingerprint density at radius 2 is 2.06 bits per heavy atom. The number of tetrazole rings is 1. The number of hydrogen-bond acceptors (Lipinski definition) is 5. The molecule has 1 aromatic heterocycles. The first-order valence-electron chi connectivity index (χ1n) is 4.87. The lowest BCUT2D eigenvalue weighted by Crippen LogP contribution is -2.00. The van der Waals surface area contributed by atoms with Gasteiger partial charge in [0.15, 0.2) is 5.82 Å². The first-order chi connectivity index (χ1) is 7.83. The van der Waals surface area contributed by atoms with Crippen LogP contribution in [0.1, 0.15) is 5.82 Å². The van der Waals surface area contributed by atoms with Crippen molar-refractivity contribution in [2.24, 2.45) is 0 Å². The number of rotatable bonds is 4. The van der Waals surface area contributed by atoms with Crippen LogP contribution in [0.25, 0.3) is 5.69 Å². The number of ether oxygens (including phenoxy) is 1. The van der Waals surface area contributed by atoms with Crippen LogP contribution in [0.3, 0.4) is 0 Å². The maximum Gasteiger partial charge on any atom is 0.177 e. The minimum Gasteiger partial charge on any atom is -0.497 e. The van der Waals surface area contributed by atoms with Gasteiger partial charge in [0.2, 0.25) is 0 Å². The molecule has 0 amide bonds. The van der Waals surface area contributed by atoms with Crippen LogP contribution in [-0.2, 0) is 6.42 Å². The van der Waals surface area contributed by atoms with Gasteiger partial charge in [0.05, 0.1) is 19.4 Å². The topological polar surface area (TPSA) is 73.1 Å². The second-order valence-electron chi connectivity index (χ2n) is 3.17. The van der Waals surface area contributed by atoms with Crippen LogP contribution < -0.4 is 4.74 Å². The number of benzene rings is 1. The van der Waals surface area contributed by atoms with Gasteiger partial charge in [-0.25, -0.2) is 0 Å². The van der Waals surface area contributed by atoms with E-state index in [1.54, 1.807) is 7.11 Å². The quantitative estimate of drug-likeness (QED) is 0.797. The molecule has 0 saturated heterocycles. The van der Waals surface area contributed by atoms with Crippen LogP contribution >= 0.6 is 0 Å². The molecule has 0 aliphatic carbocycles. The van der Waals surface area contributed by atoms with E-state index in [1.165, 1.54) is 4.80 Å². The molecule has 0 aliphatic heterocycles. The molecule has 0 atom stereocenters. The predicted molar refractivity (Wildman–Crippen MR) is 56.5 cm³/mol. The molecule has 0 radical (unpaired) electrons. The second-order valence-corrected chi connectivity index (χ2v) is 3.17. The molecule has 84 valence electrons. The van der Waals surface area contributed by atoms with E-state index in [4.69, 9.17) is 9.84 Å². The molecule has 0 aliphatic rings. The van der Waals surface area contributed by atoms with E-state index in [9.17, 15) is 0 Å². The Morgan fingerprint density at radius 3 is 2.69 bits per heavy atom. The van der Waals surface area contributed by atoms with E-state index in [0.29, 0.717) is 12.2 Å². The maximum absolute atomic E-state index is 8.73. The third-order valence-electron chi connectivity index (χ3n) is 2.09. The van der Waals surface area contributed by atoms with Crippen LogP contribution in [0.5, 0.6) is 5.75 Å². The Balaban J connectivity index is 2.21. The van der Waals surface area contributed by atoms with Crippen molar-refractivity contribution in [3.05, 3.63) is 30.1 Å². The van der Waals surface area contributed by atoms with Crippen LogP contribution in [0.4, 0.5) is 0 Å². The normalized spacial score (nSPS) is 10.4. The fourth-order valence-electron chi connectivity index (χ4n) is 1.27. The summed E-state index contributed by atoms with van der Waals surface area (Å²) in [7, 11) is 1.61. The summed E-state index contributed by atoms with van der Waals surface area (Å²) in [5, 5.41) is 20.6. The average Bonchev–Trinajstić information content (AvgIpc) is 2.78. The van der Waals surface area contributed by atoms with E-state index in [-0.39, 0.29) is 6.61 Å². The first kappa shape index (κ1) is 10.6. The maximum atomic E-state index is 8.73. The van der Waals surface area contributed by atoms with E-state index in [2.05, 4.69) is 15.4 Å². The zero-order valence-electron chi connectivity index (χ0n) is 8.87. The van der Waals surface area contributed by atoms with Gasteiger partial charge in [-0.1, -0.05) is 0 Å². The molecule has 1 heterocycles. The summed E-state index contributed by atoms with van der Waals surface area (Å²) in [5.41, 5.74) is 0.803. The molecular weight excluding hydrogens is 208 g/mol. The van der Waals surface area contributed by atoms with Gasteiger partial charge in [-0.3, -0.25) is 0 Å². The third-order valence-corrected chi connectivity index (χ3v) is 2.09. The van der Waals surface area contributed by atoms with Crippen molar-refractivity contribution in [3.63, 3.8) is 0 Å². The van der Waals surface area contributed by atoms with Crippen molar-refractivity contribution in [2.45, 2.75) is 6.42 Å². The van der Waals surface area contributed by atoms with Gasteiger partial charge < -0.3 is 9.84 Å². The smallest absolute Gasteiger partial charge is 0.177 e. The lowest BCUT2D eigenvalue weighted by Gasteiger charge is -2.00. The lowest BCUT2D eigenvalue weighted by atomic mass is 10.3. The second kappa shape index (κ2) is 4.71. The first-order valence-corrected chi connectivity index (χ1v) is 4.87. The Morgan fingerprint density at radius 1 is 1.31 bits per heavy atom. The fraction of sp³-hybridized carbons (Fsp3) is 0.300. The Bertz CT molecular complexity index is 452. The van der Waals surface area contributed by atoms with Crippen molar-refractivity contribution in [1.82, 2.24) is 20.2 Å². The molecule has 0 spiro atoms. The SMILES string of the molecule is COc1ccc(-n2nnc(CCO)n2)cc1. The molecule has 0 bridgehead atoms. The highest BCUT2D eigenvalue weighted by atomic mass is 16.5.